The van der Waals surface area contributed by atoms with Gasteiger partial charge < -0.3 is 9.47 Å². The quantitative estimate of drug-likeness (QED) is 0.623. The minimum Gasteiger partial charge on any atom is -0.486 e. The Bertz CT molecular complexity index is 580. The first-order valence-electron chi connectivity index (χ1n) is 7.56. The van der Waals surface area contributed by atoms with Gasteiger partial charge in [0.15, 0.2) is 0 Å². The zero-order chi connectivity index (χ0) is 16.4. The lowest BCUT2D eigenvalue weighted by Gasteiger charge is -2.37. The smallest absolute Gasteiger partial charge is 0.397 e. The number of para-hydroxylation sites is 1. The normalized spacial score (nSPS) is 17.2. The fraction of sp³-hybridized carbons (Fsp3) is 0.529. The Hall–Kier alpha value is -2.04. The van der Waals surface area contributed by atoms with Crippen LogP contribution in [0.5, 0.6) is 5.75 Å². The van der Waals surface area contributed by atoms with E-state index in [2.05, 4.69) is 18.6 Å². The number of amides is 1. The number of methoxy groups -OCH3 is 1. The summed E-state index contributed by atoms with van der Waals surface area (Å²) in [5, 5.41) is 0. The maximum absolute atomic E-state index is 12.3. The number of hydrogen-bond donors (Lipinski definition) is 0. The second-order valence-corrected chi connectivity index (χ2v) is 6.16. The van der Waals surface area contributed by atoms with E-state index in [1.165, 1.54) is 12.0 Å². The summed E-state index contributed by atoms with van der Waals surface area (Å²) in [5.74, 6) is -0.333. The standard InChI is InChI=1S/C17H23NO4/c1-10(2)12-7-6-8-13-15(12)22-14(11(3)4)9-18(13)16(19)17(20)21-5/h6-8,10-11,14H,9H2,1-5H3. The predicted octanol–water partition coefficient (Wildman–Crippen LogP) is 2.73. The molecule has 1 unspecified atom stereocenters. The van der Waals surface area contributed by atoms with Crippen molar-refractivity contribution >= 4 is 17.6 Å². The molecular formula is C17H23NO4. The van der Waals surface area contributed by atoms with E-state index >= 15 is 0 Å². The molecule has 1 aliphatic rings. The van der Waals surface area contributed by atoms with Crippen LogP contribution < -0.4 is 9.64 Å². The summed E-state index contributed by atoms with van der Waals surface area (Å²) in [4.78, 5) is 25.5. The van der Waals surface area contributed by atoms with Crippen molar-refractivity contribution in [3.63, 3.8) is 0 Å². The van der Waals surface area contributed by atoms with Crippen LogP contribution in [0.25, 0.3) is 0 Å². The highest BCUT2D eigenvalue weighted by atomic mass is 16.5. The van der Waals surface area contributed by atoms with E-state index in [-0.39, 0.29) is 17.9 Å². The van der Waals surface area contributed by atoms with Crippen LogP contribution in [-0.4, -0.2) is 31.6 Å². The average molecular weight is 305 g/mol. The van der Waals surface area contributed by atoms with Gasteiger partial charge in [-0.25, -0.2) is 4.79 Å². The van der Waals surface area contributed by atoms with Crippen molar-refractivity contribution in [3.05, 3.63) is 23.8 Å². The van der Waals surface area contributed by atoms with Gasteiger partial charge in [-0.05, 0) is 23.5 Å². The van der Waals surface area contributed by atoms with Gasteiger partial charge in [0.05, 0.1) is 19.3 Å². The molecule has 120 valence electrons. The van der Waals surface area contributed by atoms with Crippen LogP contribution in [0.3, 0.4) is 0 Å². The fourth-order valence-corrected chi connectivity index (χ4v) is 2.54. The lowest BCUT2D eigenvalue weighted by molar-refractivity contribution is -0.151. The number of benzene rings is 1. The van der Waals surface area contributed by atoms with Crippen molar-refractivity contribution in [2.45, 2.75) is 39.7 Å². The number of nitrogens with zero attached hydrogens (tertiary/aromatic N) is 1. The largest absolute Gasteiger partial charge is 0.486 e. The third-order valence-corrected chi connectivity index (χ3v) is 3.92. The highest BCUT2D eigenvalue weighted by Gasteiger charge is 2.36. The Kier molecular flexibility index (Phi) is 4.74. The molecule has 22 heavy (non-hydrogen) atoms. The monoisotopic (exact) mass is 305 g/mol. The van der Waals surface area contributed by atoms with Crippen molar-refractivity contribution in [2.24, 2.45) is 5.92 Å². The molecule has 1 aromatic rings. The first kappa shape index (κ1) is 16.3. The number of ether oxygens (including phenoxy) is 2. The van der Waals surface area contributed by atoms with Crippen LogP contribution in [-0.2, 0) is 14.3 Å². The van der Waals surface area contributed by atoms with E-state index in [0.29, 0.717) is 18.0 Å². The van der Waals surface area contributed by atoms with E-state index in [0.717, 1.165) is 5.56 Å². The van der Waals surface area contributed by atoms with E-state index in [1.54, 1.807) is 6.07 Å². The topological polar surface area (TPSA) is 55.8 Å². The Morgan fingerprint density at radius 3 is 2.50 bits per heavy atom. The number of hydrogen-bond acceptors (Lipinski definition) is 4. The summed E-state index contributed by atoms with van der Waals surface area (Å²) in [6.45, 7) is 8.57. The van der Waals surface area contributed by atoms with Gasteiger partial charge >= 0.3 is 11.9 Å². The Balaban J connectivity index is 2.51. The zero-order valence-electron chi connectivity index (χ0n) is 13.8. The van der Waals surface area contributed by atoms with Gasteiger partial charge in [0.1, 0.15) is 11.9 Å². The van der Waals surface area contributed by atoms with Gasteiger partial charge in [-0.1, -0.05) is 39.8 Å². The molecule has 1 amide bonds. The van der Waals surface area contributed by atoms with Gasteiger partial charge in [0.2, 0.25) is 0 Å². The summed E-state index contributed by atoms with van der Waals surface area (Å²) in [7, 11) is 1.21. The second kappa shape index (κ2) is 6.38. The molecule has 1 aliphatic heterocycles. The van der Waals surface area contributed by atoms with Crippen LogP contribution in [0, 0.1) is 5.92 Å². The van der Waals surface area contributed by atoms with Crippen molar-refractivity contribution in [1.82, 2.24) is 0 Å². The fourth-order valence-electron chi connectivity index (χ4n) is 2.54. The molecule has 1 atom stereocenters. The van der Waals surface area contributed by atoms with Crippen LogP contribution in [0.2, 0.25) is 0 Å². The first-order chi connectivity index (χ1) is 10.4. The molecule has 2 rings (SSSR count). The highest BCUT2D eigenvalue weighted by molar-refractivity contribution is 6.38. The molecule has 0 bridgehead atoms. The van der Waals surface area contributed by atoms with Crippen molar-refractivity contribution in [3.8, 4) is 5.75 Å². The van der Waals surface area contributed by atoms with Crippen LogP contribution >= 0.6 is 0 Å². The molecule has 0 N–H and O–H groups in total. The maximum Gasteiger partial charge on any atom is 0.397 e. The molecule has 0 saturated carbocycles. The van der Waals surface area contributed by atoms with Crippen molar-refractivity contribution < 1.29 is 19.1 Å². The first-order valence-corrected chi connectivity index (χ1v) is 7.56. The average Bonchev–Trinajstić information content (AvgIpc) is 2.51. The van der Waals surface area contributed by atoms with E-state index in [9.17, 15) is 9.59 Å². The van der Waals surface area contributed by atoms with Crippen LogP contribution in [0.15, 0.2) is 18.2 Å². The van der Waals surface area contributed by atoms with E-state index in [4.69, 9.17) is 4.74 Å². The summed E-state index contributed by atoms with van der Waals surface area (Å²) in [6.07, 6.45) is -0.152. The third kappa shape index (κ3) is 2.93. The number of rotatable bonds is 2. The molecular weight excluding hydrogens is 282 g/mol. The summed E-state index contributed by atoms with van der Waals surface area (Å²) in [6, 6.07) is 5.68. The number of carbonyl (C=O) groups excluding carboxylic acids is 2. The Morgan fingerprint density at radius 2 is 1.95 bits per heavy atom. The van der Waals surface area contributed by atoms with Gasteiger partial charge in [-0.2, -0.15) is 0 Å². The zero-order valence-corrected chi connectivity index (χ0v) is 13.8. The number of anilines is 1. The van der Waals surface area contributed by atoms with Gasteiger partial charge in [0.25, 0.3) is 0 Å². The SMILES string of the molecule is COC(=O)C(=O)N1CC(C(C)C)Oc2c(C(C)C)cccc21. The molecule has 1 heterocycles. The number of carbonyl (C=O) groups is 2. The molecule has 0 radical (unpaired) electrons. The summed E-state index contributed by atoms with van der Waals surface area (Å²) < 4.78 is 10.7. The van der Waals surface area contributed by atoms with E-state index < -0.39 is 11.9 Å². The van der Waals surface area contributed by atoms with Gasteiger partial charge in [-0.3, -0.25) is 9.69 Å². The third-order valence-electron chi connectivity index (χ3n) is 3.92. The molecule has 5 nitrogen and oxygen atoms in total. The predicted molar refractivity (Wildman–Crippen MR) is 84.2 cm³/mol. The molecule has 0 aliphatic carbocycles. The molecule has 0 saturated heterocycles. The molecule has 5 heteroatoms. The molecule has 0 spiro atoms. The highest BCUT2D eigenvalue weighted by Crippen LogP contribution is 2.40. The summed E-state index contributed by atoms with van der Waals surface area (Å²) >= 11 is 0. The molecule has 1 aromatic carbocycles. The Labute approximate surface area is 131 Å². The van der Waals surface area contributed by atoms with Crippen molar-refractivity contribution in [2.75, 3.05) is 18.6 Å². The van der Waals surface area contributed by atoms with Gasteiger partial charge in [-0.15, -0.1) is 0 Å². The van der Waals surface area contributed by atoms with Gasteiger partial charge in [0, 0.05) is 0 Å². The maximum atomic E-state index is 12.3. The number of esters is 1. The minimum absolute atomic E-state index is 0.152. The van der Waals surface area contributed by atoms with Crippen LogP contribution in [0.1, 0.15) is 39.2 Å². The molecule has 0 aromatic heterocycles. The number of fused-ring (bicyclic) bond motifs is 1. The van der Waals surface area contributed by atoms with E-state index in [1.807, 2.05) is 26.0 Å². The van der Waals surface area contributed by atoms with Crippen molar-refractivity contribution in [1.29, 1.82) is 0 Å². The Morgan fingerprint density at radius 1 is 1.27 bits per heavy atom. The summed E-state index contributed by atoms with van der Waals surface area (Å²) in [5.41, 5.74) is 1.67. The molecule has 0 fully saturated rings. The lowest BCUT2D eigenvalue weighted by Crippen LogP contribution is -2.48. The second-order valence-electron chi connectivity index (χ2n) is 6.16. The van der Waals surface area contributed by atoms with Crippen LogP contribution in [0.4, 0.5) is 5.69 Å². The lowest BCUT2D eigenvalue weighted by atomic mass is 9.97. The minimum atomic E-state index is -0.856.